The minimum absolute atomic E-state index is 0.113. The average molecular weight is 247 g/mol. The molecule has 1 aromatic heterocycles. The molecular formula is C14H21N3O. The van der Waals surface area contributed by atoms with Gasteiger partial charge in [0.15, 0.2) is 0 Å². The Labute approximate surface area is 108 Å². The maximum absolute atomic E-state index is 5.71. The normalized spacial score (nSPS) is 16.3. The Morgan fingerprint density at radius 2 is 2.22 bits per heavy atom. The quantitative estimate of drug-likeness (QED) is 0.868. The summed E-state index contributed by atoms with van der Waals surface area (Å²) in [6.07, 6.45) is 4.26. The molecule has 0 saturated heterocycles. The number of hydrogen-bond acceptors (Lipinski definition) is 4. The number of ether oxygens (including phenoxy) is 1. The van der Waals surface area contributed by atoms with Gasteiger partial charge in [-0.2, -0.15) is 10.2 Å². The predicted octanol–water partition coefficient (Wildman–Crippen LogP) is 2.44. The Morgan fingerprint density at radius 1 is 1.39 bits per heavy atom. The van der Waals surface area contributed by atoms with Gasteiger partial charge in [0.1, 0.15) is 5.76 Å². The van der Waals surface area contributed by atoms with Gasteiger partial charge in [0, 0.05) is 12.0 Å². The van der Waals surface area contributed by atoms with Crippen LogP contribution in [-0.2, 0) is 4.74 Å². The highest BCUT2D eigenvalue weighted by Gasteiger charge is 2.22. The van der Waals surface area contributed by atoms with Crippen molar-refractivity contribution in [2.45, 2.75) is 39.7 Å². The van der Waals surface area contributed by atoms with Crippen molar-refractivity contribution in [2.75, 3.05) is 13.2 Å². The molecule has 0 radical (unpaired) electrons. The Kier molecular flexibility index (Phi) is 4.31. The number of aromatic nitrogens is 2. The summed E-state index contributed by atoms with van der Waals surface area (Å²) >= 11 is 0. The first-order valence-electron chi connectivity index (χ1n) is 6.59. The van der Waals surface area contributed by atoms with E-state index >= 15 is 0 Å². The highest BCUT2D eigenvalue weighted by molar-refractivity contribution is 5.30. The zero-order chi connectivity index (χ0) is 13.0. The van der Waals surface area contributed by atoms with E-state index in [1.165, 1.54) is 5.56 Å². The second-order valence-corrected chi connectivity index (χ2v) is 4.66. The highest BCUT2D eigenvalue weighted by atomic mass is 16.5. The fraction of sp³-hybridized carbons (Fsp3) is 0.571. The molecule has 2 heterocycles. The van der Waals surface area contributed by atoms with Gasteiger partial charge >= 0.3 is 0 Å². The zero-order valence-electron chi connectivity index (χ0n) is 11.4. The fourth-order valence-corrected chi connectivity index (χ4v) is 2.15. The fourth-order valence-electron chi connectivity index (χ4n) is 2.15. The van der Waals surface area contributed by atoms with E-state index in [0.29, 0.717) is 0 Å². The number of rotatable bonds is 5. The van der Waals surface area contributed by atoms with Crippen LogP contribution < -0.4 is 5.32 Å². The Bertz CT molecular complexity index is 443. The van der Waals surface area contributed by atoms with Crippen LogP contribution in [0.5, 0.6) is 0 Å². The van der Waals surface area contributed by atoms with Crippen LogP contribution in [0.2, 0.25) is 0 Å². The van der Waals surface area contributed by atoms with E-state index in [2.05, 4.69) is 34.6 Å². The van der Waals surface area contributed by atoms with Gasteiger partial charge in [0.05, 0.1) is 24.0 Å². The first-order chi connectivity index (χ1) is 8.72. The smallest absolute Gasteiger partial charge is 0.114 e. The van der Waals surface area contributed by atoms with Gasteiger partial charge < -0.3 is 10.1 Å². The van der Waals surface area contributed by atoms with E-state index in [-0.39, 0.29) is 6.04 Å². The zero-order valence-corrected chi connectivity index (χ0v) is 11.4. The minimum Gasteiger partial charge on any atom is -0.496 e. The summed E-state index contributed by atoms with van der Waals surface area (Å²) in [5.74, 6) is 1.03. The Morgan fingerprint density at radius 3 is 2.89 bits per heavy atom. The van der Waals surface area contributed by atoms with Crippen LogP contribution in [-0.4, -0.2) is 23.3 Å². The highest BCUT2D eigenvalue weighted by Crippen LogP contribution is 2.28. The summed E-state index contributed by atoms with van der Waals surface area (Å²) in [5, 5.41) is 11.8. The number of hydrogen-bond donors (Lipinski definition) is 1. The number of nitrogens with zero attached hydrogens (tertiary/aromatic N) is 2. The third-order valence-corrected chi connectivity index (χ3v) is 3.07. The summed E-state index contributed by atoms with van der Waals surface area (Å²) < 4.78 is 5.71. The molecule has 1 unspecified atom stereocenters. The average Bonchev–Trinajstić information content (AvgIpc) is 2.88. The summed E-state index contributed by atoms with van der Waals surface area (Å²) in [5.41, 5.74) is 3.08. The van der Waals surface area contributed by atoms with Crippen molar-refractivity contribution in [3.63, 3.8) is 0 Å². The summed E-state index contributed by atoms with van der Waals surface area (Å²) in [4.78, 5) is 0. The molecule has 0 aromatic carbocycles. The molecule has 1 aromatic rings. The topological polar surface area (TPSA) is 47.0 Å². The monoisotopic (exact) mass is 247 g/mol. The van der Waals surface area contributed by atoms with Crippen LogP contribution in [0.1, 0.15) is 42.8 Å². The van der Waals surface area contributed by atoms with Gasteiger partial charge in [-0.3, -0.25) is 0 Å². The lowest BCUT2D eigenvalue weighted by Crippen LogP contribution is -2.25. The first kappa shape index (κ1) is 13.0. The lowest BCUT2D eigenvalue weighted by molar-refractivity contribution is 0.215. The maximum atomic E-state index is 5.71. The van der Waals surface area contributed by atoms with E-state index in [1.54, 1.807) is 0 Å². The summed E-state index contributed by atoms with van der Waals surface area (Å²) in [6, 6.07) is 2.21. The largest absolute Gasteiger partial charge is 0.496 e. The standard InChI is InChI=1S/C14H21N3O/c1-4-7-15-14(13-6-5-8-18-13)12-9-10(2)16-17-11(12)3/h6,9,14-15H,4-5,7-8H2,1-3H3. The van der Waals surface area contributed by atoms with Gasteiger partial charge in [-0.25, -0.2) is 0 Å². The molecule has 0 fully saturated rings. The number of nitrogens with one attached hydrogen (secondary N) is 1. The van der Waals surface area contributed by atoms with Crippen LogP contribution in [0.3, 0.4) is 0 Å². The van der Waals surface area contributed by atoms with Crippen LogP contribution >= 0.6 is 0 Å². The van der Waals surface area contributed by atoms with Crippen molar-refractivity contribution >= 4 is 0 Å². The molecule has 0 amide bonds. The van der Waals surface area contributed by atoms with Gasteiger partial charge in [0.25, 0.3) is 0 Å². The molecule has 1 aliphatic rings. The second-order valence-electron chi connectivity index (χ2n) is 4.66. The molecule has 98 valence electrons. The van der Waals surface area contributed by atoms with Gasteiger partial charge in [0.2, 0.25) is 0 Å². The van der Waals surface area contributed by atoms with E-state index in [9.17, 15) is 0 Å². The Balaban J connectivity index is 2.29. The molecule has 4 heteroatoms. The predicted molar refractivity (Wildman–Crippen MR) is 71.2 cm³/mol. The van der Waals surface area contributed by atoms with Crippen molar-refractivity contribution < 1.29 is 4.74 Å². The Hall–Kier alpha value is -1.42. The molecule has 0 spiro atoms. The molecule has 2 rings (SSSR count). The van der Waals surface area contributed by atoms with Crippen LogP contribution in [0.25, 0.3) is 0 Å². The second kappa shape index (κ2) is 5.96. The maximum Gasteiger partial charge on any atom is 0.114 e. The molecule has 4 nitrogen and oxygen atoms in total. The van der Waals surface area contributed by atoms with Crippen molar-refractivity contribution in [3.05, 3.63) is 34.9 Å². The lowest BCUT2D eigenvalue weighted by atomic mass is 10.0. The van der Waals surface area contributed by atoms with Gasteiger partial charge in [-0.05, 0) is 39.0 Å². The van der Waals surface area contributed by atoms with E-state index < -0.39 is 0 Å². The molecule has 1 N–H and O–H groups in total. The number of aryl methyl sites for hydroxylation is 2. The van der Waals surface area contributed by atoms with Crippen molar-refractivity contribution in [3.8, 4) is 0 Å². The van der Waals surface area contributed by atoms with Crippen LogP contribution in [0.4, 0.5) is 0 Å². The van der Waals surface area contributed by atoms with E-state index in [4.69, 9.17) is 4.74 Å². The molecule has 0 bridgehead atoms. The van der Waals surface area contributed by atoms with Crippen molar-refractivity contribution in [1.82, 2.24) is 15.5 Å². The van der Waals surface area contributed by atoms with Crippen molar-refractivity contribution in [1.29, 1.82) is 0 Å². The molecular weight excluding hydrogens is 226 g/mol. The SMILES string of the molecule is CCCNC(C1=CCCO1)c1cc(C)nnc1C. The van der Waals surface area contributed by atoms with E-state index in [0.717, 1.165) is 43.1 Å². The molecule has 0 aliphatic carbocycles. The van der Waals surface area contributed by atoms with Gasteiger partial charge in [-0.1, -0.05) is 6.92 Å². The molecule has 0 saturated carbocycles. The van der Waals surface area contributed by atoms with Gasteiger partial charge in [-0.15, -0.1) is 0 Å². The third kappa shape index (κ3) is 2.88. The van der Waals surface area contributed by atoms with Crippen LogP contribution in [0.15, 0.2) is 17.9 Å². The summed E-state index contributed by atoms with van der Waals surface area (Å²) in [6.45, 7) is 7.88. The minimum atomic E-state index is 0.113. The van der Waals surface area contributed by atoms with Crippen molar-refractivity contribution in [2.24, 2.45) is 0 Å². The molecule has 1 aliphatic heterocycles. The first-order valence-corrected chi connectivity index (χ1v) is 6.59. The molecule has 18 heavy (non-hydrogen) atoms. The van der Waals surface area contributed by atoms with Crippen LogP contribution in [0, 0.1) is 13.8 Å². The molecule has 1 atom stereocenters. The lowest BCUT2D eigenvalue weighted by Gasteiger charge is -2.21. The van der Waals surface area contributed by atoms with E-state index in [1.807, 2.05) is 13.8 Å². The third-order valence-electron chi connectivity index (χ3n) is 3.07. The summed E-state index contributed by atoms with van der Waals surface area (Å²) in [7, 11) is 0.